The number of hydrogen-bond acceptors (Lipinski definition) is 4. The van der Waals surface area contributed by atoms with E-state index < -0.39 is 11.7 Å². The SMILES string of the molecule is Cc1cn2ncc(Br)c2nc1N(C)C(=O)OC(C)(C)C. The number of carbonyl (C=O) groups excluding carboxylic acids is 1. The summed E-state index contributed by atoms with van der Waals surface area (Å²) in [7, 11) is 1.64. The summed E-state index contributed by atoms with van der Waals surface area (Å²) in [6, 6.07) is 0. The van der Waals surface area contributed by atoms with Gasteiger partial charge in [-0.3, -0.25) is 4.90 Å². The average molecular weight is 341 g/mol. The molecule has 0 saturated heterocycles. The van der Waals surface area contributed by atoms with Crippen LogP contribution in [0.3, 0.4) is 0 Å². The summed E-state index contributed by atoms with van der Waals surface area (Å²) < 4.78 is 7.78. The van der Waals surface area contributed by atoms with E-state index >= 15 is 0 Å². The molecule has 1 amide bonds. The first-order valence-corrected chi connectivity index (χ1v) is 6.95. The number of halogens is 1. The molecule has 0 fully saturated rings. The minimum Gasteiger partial charge on any atom is -0.443 e. The van der Waals surface area contributed by atoms with Crippen LogP contribution >= 0.6 is 15.9 Å². The molecule has 108 valence electrons. The van der Waals surface area contributed by atoms with Gasteiger partial charge in [-0.1, -0.05) is 0 Å². The van der Waals surface area contributed by atoms with Gasteiger partial charge in [0.05, 0.1) is 10.7 Å². The third-order valence-corrected chi connectivity index (χ3v) is 3.15. The normalized spacial score (nSPS) is 11.7. The summed E-state index contributed by atoms with van der Waals surface area (Å²) in [5.41, 5.74) is 0.947. The number of rotatable bonds is 1. The van der Waals surface area contributed by atoms with Crippen LogP contribution in [0.2, 0.25) is 0 Å². The van der Waals surface area contributed by atoms with E-state index in [0.29, 0.717) is 11.5 Å². The summed E-state index contributed by atoms with van der Waals surface area (Å²) in [5.74, 6) is 0.549. The molecule has 0 spiro atoms. The number of aromatic nitrogens is 3. The Kier molecular flexibility index (Phi) is 3.73. The fraction of sp³-hybridized carbons (Fsp3) is 0.462. The molecule has 2 aromatic heterocycles. The first-order valence-electron chi connectivity index (χ1n) is 6.16. The predicted molar refractivity (Wildman–Crippen MR) is 80.1 cm³/mol. The maximum Gasteiger partial charge on any atom is 0.415 e. The van der Waals surface area contributed by atoms with Crippen molar-refractivity contribution in [3.8, 4) is 0 Å². The van der Waals surface area contributed by atoms with E-state index in [-0.39, 0.29) is 0 Å². The summed E-state index contributed by atoms with van der Waals surface area (Å²) >= 11 is 3.38. The molecular weight excluding hydrogens is 324 g/mol. The molecule has 0 aliphatic carbocycles. The molecule has 0 radical (unpaired) electrons. The highest BCUT2D eigenvalue weighted by Gasteiger charge is 2.23. The maximum atomic E-state index is 12.1. The van der Waals surface area contributed by atoms with Crippen LogP contribution < -0.4 is 4.90 Å². The third-order valence-electron chi connectivity index (χ3n) is 2.59. The summed E-state index contributed by atoms with van der Waals surface area (Å²) in [4.78, 5) is 18.0. The van der Waals surface area contributed by atoms with Crippen LogP contribution in [-0.4, -0.2) is 33.3 Å². The van der Waals surface area contributed by atoms with Crippen molar-refractivity contribution in [3.63, 3.8) is 0 Å². The van der Waals surface area contributed by atoms with Crippen molar-refractivity contribution in [2.75, 3.05) is 11.9 Å². The minimum atomic E-state index is -0.541. The Hall–Kier alpha value is -1.63. The minimum absolute atomic E-state index is 0.437. The highest BCUT2D eigenvalue weighted by molar-refractivity contribution is 9.10. The summed E-state index contributed by atoms with van der Waals surface area (Å²) in [5, 5.41) is 4.16. The molecule has 0 unspecified atom stereocenters. The van der Waals surface area contributed by atoms with Crippen molar-refractivity contribution in [2.24, 2.45) is 0 Å². The van der Waals surface area contributed by atoms with Gasteiger partial charge in [0.25, 0.3) is 0 Å². The van der Waals surface area contributed by atoms with Gasteiger partial charge in [0.2, 0.25) is 0 Å². The van der Waals surface area contributed by atoms with E-state index in [1.807, 2.05) is 33.9 Å². The van der Waals surface area contributed by atoms with Gasteiger partial charge < -0.3 is 4.74 Å². The van der Waals surface area contributed by atoms with Crippen LogP contribution in [0.4, 0.5) is 10.6 Å². The fourth-order valence-corrected chi connectivity index (χ4v) is 2.08. The average Bonchev–Trinajstić information content (AvgIpc) is 2.66. The zero-order valence-corrected chi connectivity index (χ0v) is 13.7. The lowest BCUT2D eigenvalue weighted by Crippen LogP contribution is -2.35. The van der Waals surface area contributed by atoms with Crippen molar-refractivity contribution < 1.29 is 9.53 Å². The molecule has 20 heavy (non-hydrogen) atoms. The molecule has 0 bridgehead atoms. The van der Waals surface area contributed by atoms with Crippen LogP contribution in [0.5, 0.6) is 0 Å². The number of amides is 1. The second kappa shape index (κ2) is 5.05. The number of carbonyl (C=O) groups is 1. The molecule has 0 saturated carbocycles. The zero-order chi connectivity index (χ0) is 15.1. The first-order chi connectivity index (χ1) is 9.19. The molecule has 7 heteroatoms. The van der Waals surface area contributed by atoms with E-state index in [0.717, 1.165) is 10.0 Å². The van der Waals surface area contributed by atoms with E-state index in [4.69, 9.17) is 4.74 Å². The molecule has 2 aromatic rings. The van der Waals surface area contributed by atoms with Gasteiger partial charge in [0.15, 0.2) is 5.65 Å². The molecule has 0 atom stereocenters. The van der Waals surface area contributed by atoms with Crippen LogP contribution in [0.15, 0.2) is 16.9 Å². The van der Waals surface area contributed by atoms with E-state index in [1.54, 1.807) is 17.8 Å². The fourth-order valence-electron chi connectivity index (χ4n) is 1.72. The lowest BCUT2D eigenvalue weighted by Gasteiger charge is -2.24. The Morgan fingerprint density at radius 1 is 1.45 bits per heavy atom. The number of hydrogen-bond donors (Lipinski definition) is 0. The topological polar surface area (TPSA) is 59.7 Å². The number of anilines is 1. The second-order valence-corrected chi connectivity index (χ2v) is 6.40. The molecule has 0 aromatic carbocycles. The van der Waals surface area contributed by atoms with Gasteiger partial charge in [-0.15, -0.1) is 0 Å². The Labute approximate surface area is 125 Å². The van der Waals surface area contributed by atoms with Gasteiger partial charge in [-0.05, 0) is 43.6 Å². The van der Waals surface area contributed by atoms with Gasteiger partial charge in [-0.25, -0.2) is 14.3 Å². The Bertz CT molecular complexity index is 660. The molecule has 0 N–H and O–H groups in total. The molecule has 0 aliphatic heterocycles. The maximum absolute atomic E-state index is 12.1. The van der Waals surface area contributed by atoms with Gasteiger partial charge >= 0.3 is 6.09 Å². The van der Waals surface area contributed by atoms with Crippen LogP contribution in [-0.2, 0) is 4.74 Å². The van der Waals surface area contributed by atoms with Crippen molar-refractivity contribution in [1.82, 2.24) is 14.6 Å². The highest BCUT2D eigenvalue weighted by Crippen LogP contribution is 2.23. The molecule has 0 aliphatic rings. The number of aryl methyl sites for hydroxylation is 1. The van der Waals surface area contributed by atoms with Crippen LogP contribution in [0.25, 0.3) is 5.65 Å². The Balaban J connectivity index is 2.38. The quantitative estimate of drug-likeness (QED) is 0.799. The first kappa shape index (κ1) is 14.8. The van der Waals surface area contributed by atoms with Gasteiger partial charge in [-0.2, -0.15) is 5.10 Å². The second-order valence-electron chi connectivity index (χ2n) is 5.55. The van der Waals surface area contributed by atoms with Crippen LogP contribution in [0, 0.1) is 6.92 Å². The number of fused-ring (bicyclic) bond motifs is 1. The summed E-state index contributed by atoms with van der Waals surface area (Å²) in [6.45, 7) is 7.36. The Morgan fingerprint density at radius 2 is 2.10 bits per heavy atom. The smallest absolute Gasteiger partial charge is 0.415 e. The number of nitrogens with zero attached hydrogens (tertiary/aromatic N) is 4. The largest absolute Gasteiger partial charge is 0.443 e. The molecule has 6 nitrogen and oxygen atoms in total. The van der Waals surface area contributed by atoms with Crippen molar-refractivity contribution in [1.29, 1.82) is 0 Å². The standard InChI is InChI=1S/C13H17BrN4O2/c1-8-7-18-11(9(14)6-15-18)16-10(8)17(5)12(19)20-13(2,3)4/h6-7H,1-5H3. The van der Waals surface area contributed by atoms with Crippen molar-refractivity contribution in [2.45, 2.75) is 33.3 Å². The zero-order valence-electron chi connectivity index (χ0n) is 12.1. The predicted octanol–water partition coefficient (Wildman–Crippen LogP) is 3.17. The lowest BCUT2D eigenvalue weighted by molar-refractivity contribution is 0.0588. The van der Waals surface area contributed by atoms with Crippen molar-refractivity contribution >= 4 is 33.5 Å². The van der Waals surface area contributed by atoms with Gasteiger partial charge in [0, 0.05) is 18.8 Å². The van der Waals surface area contributed by atoms with Crippen molar-refractivity contribution in [3.05, 3.63) is 22.4 Å². The third kappa shape index (κ3) is 2.92. The van der Waals surface area contributed by atoms with E-state index in [1.165, 1.54) is 4.90 Å². The van der Waals surface area contributed by atoms with E-state index in [9.17, 15) is 4.79 Å². The molecule has 2 rings (SSSR count). The molecular formula is C13H17BrN4O2. The Morgan fingerprint density at radius 3 is 2.70 bits per heavy atom. The van der Waals surface area contributed by atoms with E-state index in [2.05, 4.69) is 26.0 Å². The number of ether oxygens (including phenoxy) is 1. The van der Waals surface area contributed by atoms with Crippen LogP contribution in [0.1, 0.15) is 26.3 Å². The molecule has 2 heterocycles. The highest BCUT2D eigenvalue weighted by atomic mass is 79.9. The summed E-state index contributed by atoms with van der Waals surface area (Å²) in [6.07, 6.45) is 3.05. The lowest BCUT2D eigenvalue weighted by atomic mass is 10.2. The monoisotopic (exact) mass is 340 g/mol. The van der Waals surface area contributed by atoms with Gasteiger partial charge in [0.1, 0.15) is 11.4 Å².